The molecule has 5 heterocycles. The number of rotatable bonds is 17. The Kier molecular flexibility index (Phi) is 14.7. The van der Waals surface area contributed by atoms with Gasteiger partial charge in [-0.05, 0) is 53.4 Å². The van der Waals surface area contributed by atoms with E-state index < -0.39 is 53.2 Å². The Morgan fingerprint density at radius 3 is 2.03 bits per heavy atom. The quantitative estimate of drug-likeness (QED) is 0.0728. The number of hydrogen-bond acceptors (Lipinski definition) is 17. The third kappa shape index (κ3) is 12.1. The van der Waals surface area contributed by atoms with Crippen molar-refractivity contribution in [3.05, 3.63) is 66.1 Å². The van der Waals surface area contributed by atoms with Gasteiger partial charge in [-0.3, -0.25) is 9.59 Å². The first kappa shape index (κ1) is 47.8. The van der Waals surface area contributed by atoms with E-state index in [1.807, 2.05) is 40.7 Å². The molecule has 1 aromatic carbocycles. The van der Waals surface area contributed by atoms with Crippen LogP contribution in [0.3, 0.4) is 0 Å². The number of esters is 1. The highest BCUT2D eigenvalue weighted by Crippen LogP contribution is 2.34. The van der Waals surface area contributed by atoms with Gasteiger partial charge in [0, 0.05) is 10.9 Å². The van der Waals surface area contributed by atoms with Gasteiger partial charge in [0.15, 0.2) is 22.8 Å². The summed E-state index contributed by atoms with van der Waals surface area (Å²) >= 11 is 1.26. The minimum absolute atomic E-state index is 0.0174. The summed E-state index contributed by atoms with van der Waals surface area (Å²) in [6.07, 6.45) is 4.01. The van der Waals surface area contributed by atoms with E-state index >= 15 is 0 Å². The minimum atomic E-state index is -1.02. The van der Waals surface area contributed by atoms with Crippen LogP contribution in [-0.2, 0) is 23.8 Å². The van der Waals surface area contributed by atoms with Crippen molar-refractivity contribution in [2.45, 2.75) is 105 Å². The first-order valence-electron chi connectivity index (χ1n) is 21.0. The number of hydrogen-bond donors (Lipinski definition) is 3. The summed E-state index contributed by atoms with van der Waals surface area (Å²) in [5.41, 5.74) is 0.475. The fraction of sp³-hybridized carbons (Fsp3) is 0.444. The van der Waals surface area contributed by atoms with E-state index in [0.717, 1.165) is 0 Å². The molecule has 4 atom stereocenters. The van der Waals surface area contributed by atoms with Crippen LogP contribution in [0.15, 0.2) is 72.2 Å². The van der Waals surface area contributed by atoms with Gasteiger partial charge in [0.2, 0.25) is 29.5 Å². The van der Waals surface area contributed by atoms with Crippen molar-refractivity contribution in [1.29, 1.82) is 0 Å². The van der Waals surface area contributed by atoms with E-state index in [2.05, 4.69) is 40.9 Å². The number of thiazole rings is 1. The molecule has 0 aliphatic heterocycles. The molecule has 3 amide bonds. The van der Waals surface area contributed by atoms with Gasteiger partial charge in [-0.2, -0.15) is 0 Å². The maximum Gasteiger partial charge on any atom is 0.408 e. The van der Waals surface area contributed by atoms with Gasteiger partial charge in [-0.15, -0.1) is 11.3 Å². The van der Waals surface area contributed by atoms with Crippen molar-refractivity contribution >= 4 is 35.2 Å². The van der Waals surface area contributed by atoms with Crippen LogP contribution < -0.4 is 16.0 Å². The lowest BCUT2D eigenvalue weighted by Crippen LogP contribution is -2.55. The Morgan fingerprint density at radius 2 is 1.38 bits per heavy atom. The van der Waals surface area contributed by atoms with Crippen LogP contribution in [0.4, 0.5) is 4.79 Å². The van der Waals surface area contributed by atoms with Crippen LogP contribution in [0.1, 0.15) is 98.1 Å². The van der Waals surface area contributed by atoms with E-state index in [-0.39, 0.29) is 64.8 Å². The number of carbonyl (C=O) groups is 4. The summed E-state index contributed by atoms with van der Waals surface area (Å²) < 4.78 is 39.8. The number of nitrogens with one attached hydrogen (secondary N) is 3. The average molecular weight is 915 g/mol. The highest BCUT2D eigenvalue weighted by atomic mass is 32.1. The van der Waals surface area contributed by atoms with Gasteiger partial charge in [0.05, 0.1) is 19.3 Å². The maximum absolute atomic E-state index is 14.0. The Balaban J connectivity index is 1.21. The average Bonchev–Trinajstić information content (AvgIpc) is 4.10. The number of alkyl carbamates (subject to hydrolysis) is 1. The molecule has 0 bridgehead atoms. The predicted molar refractivity (Wildman–Crippen MR) is 237 cm³/mol. The van der Waals surface area contributed by atoms with Crippen LogP contribution in [0, 0.1) is 11.8 Å². The number of amides is 3. The van der Waals surface area contributed by atoms with E-state index in [4.69, 9.17) is 31.9 Å². The second-order valence-electron chi connectivity index (χ2n) is 17.5. The second-order valence-corrected chi connectivity index (χ2v) is 18.3. The Hall–Kier alpha value is -6.67. The van der Waals surface area contributed by atoms with E-state index in [0.29, 0.717) is 28.4 Å². The standard InChI is InChI=1S/C45H54N8O11S/c1-12-24(4)32(35(54)51-31(23(2)3)42(56)58-11)52-36(55)33-34(25-16-14-13-15-17-25)63-40(53-33)27-19-60-39(47-27)30-22-65-41(49-30)29-20-61-37(48-29)26-18-59-38(46-26)28(21-62-44(5,6)7)50-43(57)64-45(8,9)10/h13-20,22-24,28,31-32H,12,21H2,1-11H3,(H,50,57)(H,51,54)(H,52,55)/t24-,28-,31-,32+/m0/s1. The van der Waals surface area contributed by atoms with Crippen LogP contribution >= 0.6 is 11.3 Å². The number of nitrogens with zero attached hydrogens (tertiary/aromatic N) is 5. The van der Waals surface area contributed by atoms with Crippen molar-refractivity contribution in [3.8, 4) is 56.8 Å². The highest BCUT2D eigenvalue weighted by Gasteiger charge is 2.34. The number of ether oxygens (including phenoxy) is 3. The van der Waals surface area contributed by atoms with E-state index in [1.165, 1.54) is 37.2 Å². The normalized spacial score (nSPS) is 13.8. The first-order chi connectivity index (χ1) is 30.7. The summed E-state index contributed by atoms with van der Waals surface area (Å²) in [6.45, 7) is 18.3. The molecular formula is C45H54N8O11S. The summed E-state index contributed by atoms with van der Waals surface area (Å²) in [4.78, 5) is 75.7. The molecule has 0 radical (unpaired) electrons. The monoisotopic (exact) mass is 914 g/mol. The lowest BCUT2D eigenvalue weighted by molar-refractivity contribution is -0.146. The third-order valence-electron chi connectivity index (χ3n) is 9.66. The van der Waals surface area contributed by atoms with Crippen LogP contribution in [-0.4, -0.2) is 85.8 Å². The number of benzene rings is 1. The van der Waals surface area contributed by atoms with Gasteiger partial charge < -0.3 is 47.8 Å². The largest absolute Gasteiger partial charge is 0.467 e. The molecule has 6 aromatic rings. The summed E-state index contributed by atoms with van der Waals surface area (Å²) in [7, 11) is 1.25. The molecule has 0 fully saturated rings. The molecule has 65 heavy (non-hydrogen) atoms. The zero-order valence-corrected chi connectivity index (χ0v) is 38.9. The number of oxazole rings is 4. The maximum atomic E-state index is 14.0. The lowest BCUT2D eigenvalue weighted by Gasteiger charge is -2.27. The van der Waals surface area contributed by atoms with Gasteiger partial charge in [0.1, 0.15) is 58.9 Å². The van der Waals surface area contributed by atoms with Gasteiger partial charge in [-0.25, -0.2) is 34.5 Å². The molecule has 346 valence electrons. The molecule has 19 nitrogen and oxygen atoms in total. The minimum Gasteiger partial charge on any atom is -0.467 e. The Labute approximate surface area is 379 Å². The fourth-order valence-electron chi connectivity index (χ4n) is 6.12. The molecular weight excluding hydrogens is 861 g/mol. The zero-order chi connectivity index (χ0) is 47.2. The number of aromatic nitrogens is 5. The number of carbonyl (C=O) groups excluding carboxylic acids is 4. The summed E-state index contributed by atoms with van der Waals surface area (Å²) in [5, 5.41) is 10.5. The molecule has 0 saturated carbocycles. The highest BCUT2D eigenvalue weighted by molar-refractivity contribution is 7.13. The predicted octanol–water partition coefficient (Wildman–Crippen LogP) is 8.27. The fourth-order valence-corrected chi connectivity index (χ4v) is 6.86. The second kappa shape index (κ2) is 20.0. The Morgan fingerprint density at radius 1 is 0.738 bits per heavy atom. The van der Waals surface area contributed by atoms with Gasteiger partial charge >= 0.3 is 12.1 Å². The van der Waals surface area contributed by atoms with E-state index in [9.17, 15) is 19.2 Å². The topological polar surface area (TPSA) is 249 Å². The number of methoxy groups -OCH3 is 1. The molecule has 0 aliphatic carbocycles. The smallest absolute Gasteiger partial charge is 0.408 e. The van der Waals surface area contributed by atoms with Crippen molar-refractivity contribution in [1.82, 2.24) is 40.9 Å². The summed E-state index contributed by atoms with van der Waals surface area (Å²) in [5.74, 6) is -1.82. The molecule has 0 unspecified atom stereocenters. The van der Waals surface area contributed by atoms with Crippen molar-refractivity contribution < 1.29 is 51.1 Å². The molecule has 20 heteroatoms. The van der Waals surface area contributed by atoms with Crippen LogP contribution in [0.25, 0.3) is 56.8 Å². The van der Waals surface area contributed by atoms with Crippen LogP contribution in [0.5, 0.6) is 0 Å². The van der Waals surface area contributed by atoms with Crippen LogP contribution in [0.2, 0.25) is 0 Å². The van der Waals surface area contributed by atoms with Crippen molar-refractivity contribution in [2.24, 2.45) is 11.8 Å². The molecule has 3 N–H and O–H groups in total. The first-order valence-corrected chi connectivity index (χ1v) is 21.8. The molecule has 0 spiro atoms. The molecule has 0 aliphatic rings. The molecule has 0 saturated heterocycles. The Bertz CT molecular complexity index is 2580. The summed E-state index contributed by atoms with van der Waals surface area (Å²) in [6, 6.07) is 6.20. The zero-order valence-electron chi connectivity index (χ0n) is 38.1. The van der Waals surface area contributed by atoms with E-state index in [1.54, 1.807) is 64.3 Å². The van der Waals surface area contributed by atoms with Crippen molar-refractivity contribution in [3.63, 3.8) is 0 Å². The molecule has 6 rings (SSSR count). The van der Waals surface area contributed by atoms with Gasteiger partial charge in [-0.1, -0.05) is 64.4 Å². The van der Waals surface area contributed by atoms with Crippen molar-refractivity contribution in [2.75, 3.05) is 13.7 Å². The lowest BCUT2D eigenvalue weighted by atomic mass is 9.96. The SMILES string of the molecule is CC[C@H](C)[C@@H](NC(=O)c1nc(-c2coc(-c3csc(-c4coc(-c5coc([C@H](COC(C)(C)C)NC(=O)OC(C)(C)C)n5)n4)n3)n2)oc1-c1ccccc1)C(=O)N[C@H](C(=O)OC)C(C)C. The van der Waals surface area contributed by atoms with Gasteiger partial charge in [0.25, 0.3) is 5.91 Å². The molecule has 5 aromatic heterocycles. The third-order valence-corrected chi connectivity index (χ3v) is 10.5.